The first kappa shape index (κ1) is 28.2. The summed E-state index contributed by atoms with van der Waals surface area (Å²) in [5.74, 6) is -0.281. The lowest BCUT2D eigenvalue weighted by atomic mass is 10.1. The van der Waals surface area contributed by atoms with Crippen LogP contribution in [0.3, 0.4) is 0 Å². The van der Waals surface area contributed by atoms with E-state index in [1.807, 2.05) is 24.3 Å². The van der Waals surface area contributed by atoms with Crippen LogP contribution < -0.4 is 9.47 Å². The first-order valence-electron chi connectivity index (χ1n) is 12.8. The summed E-state index contributed by atoms with van der Waals surface area (Å²) < 4.78 is 69.0. The molecule has 41 heavy (non-hydrogen) atoms. The van der Waals surface area contributed by atoms with Crippen molar-refractivity contribution in [3.8, 4) is 17.2 Å². The van der Waals surface area contributed by atoms with Gasteiger partial charge in [-0.25, -0.2) is 16.8 Å². The van der Waals surface area contributed by atoms with Crippen molar-refractivity contribution < 1.29 is 31.4 Å². The van der Waals surface area contributed by atoms with Gasteiger partial charge in [-0.2, -0.15) is 0 Å². The Balaban J connectivity index is 1.84. The average molecular weight is 589 g/mol. The average Bonchev–Trinajstić information content (AvgIpc) is 3.00. The molecule has 0 spiro atoms. The van der Waals surface area contributed by atoms with Crippen LogP contribution in [0.15, 0.2) is 124 Å². The summed E-state index contributed by atoms with van der Waals surface area (Å²) in [6.07, 6.45) is 3.27. The number of hydrogen-bond acceptors (Lipinski definition) is 7. The highest BCUT2D eigenvalue weighted by Gasteiger charge is 2.35. The molecule has 6 rings (SSSR count). The van der Waals surface area contributed by atoms with Gasteiger partial charge in [0, 0.05) is 11.6 Å². The molecular weight excluding hydrogens is 560 g/mol. The van der Waals surface area contributed by atoms with E-state index in [-0.39, 0.29) is 68.4 Å². The molecule has 7 nitrogen and oxygen atoms in total. The molecule has 4 aromatic rings. The molecule has 0 fully saturated rings. The number of phenols is 1. The molecule has 4 bridgehead atoms. The largest absolute Gasteiger partial charge is 0.508 e. The molecular formula is C32H28O7S2. The lowest BCUT2D eigenvalue weighted by Crippen LogP contribution is -2.14. The van der Waals surface area contributed by atoms with Crippen LogP contribution in [0.1, 0.15) is 22.3 Å². The van der Waals surface area contributed by atoms with Crippen LogP contribution in [0.2, 0.25) is 0 Å². The van der Waals surface area contributed by atoms with Crippen LogP contribution in [0, 0.1) is 0 Å². The number of hydrogen-bond donors (Lipinski definition) is 1. The van der Waals surface area contributed by atoms with Gasteiger partial charge in [0.05, 0.1) is 9.79 Å². The number of rotatable bonds is 8. The van der Waals surface area contributed by atoms with Crippen LogP contribution >= 0.6 is 0 Å². The van der Waals surface area contributed by atoms with E-state index in [1.54, 1.807) is 24.3 Å². The van der Waals surface area contributed by atoms with Gasteiger partial charge in [-0.05, 0) is 65.9 Å². The summed E-state index contributed by atoms with van der Waals surface area (Å²) >= 11 is 0. The van der Waals surface area contributed by atoms with Gasteiger partial charge < -0.3 is 14.6 Å². The molecule has 0 saturated carbocycles. The summed E-state index contributed by atoms with van der Waals surface area (Å²) in [5.41, 5.74) is 2.01. The van der Waals surface area contributed by atoms with Crippen molar-refractivity contribution in [1.82, 2.24) is 0 Å². The molecule has 1 N–H and O–H groups in total. The third-order valence-electron chi connectivity index (χ3n) is 6.71. The highest BCUT2D eigenvalue weighted by molar-refractivity contribution is 7.92. The lowest BCUT2D eigenvalue weighted by Gasteiger charge is -2.22. The number of aromatic hydroxyl groups is 1. The van der Waals surface area contributed by atoms with Gasteiger partial charge in [0.2, 0.25) is 19.7 Å². The minimum absolute atomic E-state index is 0.00316. The molecule has 0 atom stereocenters. The highest BCUT2D eigenvalue weighted by atomic mass is 32.2. The number of sulfone groups is 2. The van der Waals surface area contributed by atoms with Crippen LogP contribution in [0.5, 0.6) is 17.2 Å². The van der Waals surface area contributed by atoms with Crippen LogP contribution in [-0.4, -0.2) is 21.9 Å². The monoisotopic (exact) mass is 588 g/mol. The fourth-order valence-electron chi connectivity index (χ4n) is 4.76. The second-order valence-corrected chi connectivity index (χ2v) is 13.3. The van der Waals surface area contributed by atoms with Crippen LogP contribution in [-0.2, 0) is 45.7 Å². The molecule has 0 aliphatic carbocycles. The SMILES string of the molecule is C=CCc1cc(S(=O)(=O)c2c3cc(S(=O)(=O)c4ccccc4)c(c2CC=C)OCc2cccc(c2)CO3)ccc1O. The second-order valence-electron chi connectivity index (χ2n) is 9.50. The van der Waals surface area contributed by atoms with E-state index in [0.29, 0.717) is 5.56 Å². The predicted molar refractivity (Wildman–Crippen MR) is 155 cm³/mol. The van der Waals surface area contributed by atoms with Gasteiger partial charge in [0.15, 0.2) is 0 Å². The molecule has 2 aliphatic heterocycles. The minimum atomic E-state index is -4.32. The molecule has 9 heteroatoms. The zero-order valence-corrected chi connectivity index (χ0v) is 23.7. The fourth-order valence-corrected chi connectivity index (χ4v) is 7.88. The zero-order chi connectivity index (χ0) is 29.2. The van der Waals surface area contributed by atoms with Gasteiger partial charge >= 0.3 is 0 Å². The number of allylic oxidation sites excluding steroid dienone is 2. The number of phenolic OH excluding ortho intramolecular Hbond substituents is 1. The van der Waals surface area contributed by atoms with Crippen molar-refractivity contribution in [1.29, 1.82) is 0 Å². The Morgan fingerprint density at radius 1 is 0.732 bits per heavy atom. The van der Waals surface area contributed by atoms with E-state index in [1.165, 1.54) is 42.5 Å². The van der Waals surface area contributed by atoms with Crippen molar-refractivity contribution in [2.45, 2.75) is 45.6 Å². The van der Waals surface area contributed by atoms with Gasteiger partial charge in [-0.3, -0.25) is 0 Å². The van der Waals surface area contributed by atoms with Crippen molar-refractivity contribution in [2.24, 2.45) is 0 Å². The van der Waals surface area contributed by atoms with Crippen molar-refractivity contribution >= 4 is 19.7 Å². The smallest absolute Gasteiger partial charge is 0.210 e. The summed E-state index contributed by atoms with van der Waals surface area (Å²) in [6.45, 7) is 7.46. The summed E-state index contributed by atoms with van der Waals surface area (Å²) in [6, 6.07) is 20.4. The summed E-state index contributed by atoms with van der Waals surface area (Å²) in [5, 5.41) is 10.3. The molecule has 2 aliphatic rings. The lowest BCUT2D eigenvalue weighted by molar-refractivity contribution is 0.286. The third kappa shape index (κ3) is 5.38. The Morgan fingerprint density at radius 2 is 1.41 bits per heavy atom. The molecule has 0 aromatic heterocycles. The maximum absolute atomic E-state index is 14.3. The van der Waals surface area contributed by atoms with E-state index in [9.17, 15) is 21.9 Å². The normalized spacial score (nSPS) is 13.0. The Labute approximate surface area is 239 Å². The number of benzene rings is 4. The zero-order valence-electron chi connectivity index (χ0n) is 22.1. The summed E-state index contributed by atoms with van der Waals surface area (Å²) in [7, 11) is -8.49. The molecule has 0 amide bonds. The van der Waals surface area contributed by atoms with E-state index in [2.05, 4.69) is 13.2 Å². The maximum atomic E-state index is 14.3. The Morgan fingerprint density at radius 3 is 2.10 bits per heavy atom. The highest BCUT2D eigenvalue weighted by Crippen LogP contribution is 2.45. The topological polar surface area (TPSA) is 107 Å². The van der Waals surface area contributed by atoms with Gasteiger partial charge in [-0.15, -0.1) is 13.2 Å². The molecule has 4 aromatic carbocycles. The Kier molecular flexibility index (Phi) is 7.75. The predicted octanol–water partition coefficient (Wildman–Crippen LogP) is 5.99. The van der Waals surface area contributed by atoms with E-state index in [4.69, 9.17) is 9.47 Å². The van der Waals surface area contributed by atoms with Crippen LogP contribution in [0.25, 0.3) is 0 Å². The van der Waals surface area contributed by atoms with Gasteiger partial charge in [0.25, 0.3) is 0 Å². The van der Waals surface area contributed by atoms with Crippen molar-refractivity contribution in [3.05, 3.63) is 126 Å². The molecule has 0 saturated heterocycles. The number of ether oxygens (including phenoxy) is 2. The van der Waals surface area contributed by atoms with Crippen LogP contribution in [0.4, 0.5) is 0 Å². The quantitative estimate of drug-likeness (QED) is 0.252. The van der Waals surface area contributed by atoms with E-state index < -0.39 is 19.7 Å². The molecule has 0 radical (unpaired) electrons. The van der Waals surface area contributed by atoms with Crippen molar-refractivity contribution in [3.63, 3.8) is 0 Å². The minimum Gasteiger partial charge on any atom is -0.508 e. The first-order chi connectivity index (χ1) is 19.7. The number of fused-ring (bicyclic) bond motifs is 4. The van der Waals surface area contributed by atoms with Gasteiger partial charge in [-0.1, -0.05) is 48.6 Å². The fraction of sp³-hybridized carbons (Fsp3) is 0.125. The summed E-state index contributed by atoms with van der Waals surface area (Å²) in [4.78, 5) is -0.492. The molecule has 210 valence electrons. The maximum Gasteiger partial charge on any atom is 0.210 e. The standard InChI is InChI=1S/C32H28O7S2/c1-3-9-24-18-26(15-16-28(24)33)41(36,37)32-27(10-4-2)31-30(40(34,35)25-13-6-5-7-14-25)19-29(32)38-20-22-11-8-12-23(17-22)21-39-31/h3-8,11-19,33H,1-2,9-10,20-21H2. The van der Waals surface area contributed by atoms with Gasteiger partial charge in [0.1, 0.15) is 40.3 Å². The van der Waals surface area contributed by atoms with E-state index >= 15 is 0 Å². The van der Waals surface area contributed by atoms with E-state index in [0.717, 1.165) is 11.1 Å². The first-order valence-corrected chi connectivity index (χ1v) is 15.8. The third-order valence-corrected chi connectivity index (χ3v) is 10.3. The Hall–Kier alpha value is -4.34. The Bertz CT molecular complexity index is 1860. The molecule has 0 unspecified atom stereocenters. The molecule has 2 heterocycles. The second kappa shape index (κ2) is 11.3. The van der Waals surface area contributed by atoms with Crippen molar-refractivity contribution in [2.75, 3.05) is 0 Å².